The van der Waals surface area contributed by atoms with E-state index < -0.39 is 0 Å². The molecule has 1 aliphatic rings. The van der Waals surface area contributed by atoms with E-state index in [0.717, 1.165) is 19.3 Å². The van der Waals surface area contributed by atoms with Gasteiger partial charge in [-0.15, -0.1) is 0 Å². The van der Waals surface area contributed by atoms with Gasteiger partial charge in [0.2, 0.25) is 0 Å². The fourth-order valence-corrected chi connectivity index (χ4v) is 2.17. The van der Waals surface area contributed by atoms with Crippen molar-refractivity contribution in [2.45, 2.75) is 25.3 Å². The van der Waals surface area contributed by atoms with Gasteiger partial charge in [-0.2, -0.15) is 0 Å². The maximum atomic E-state index is 5.88. The van der Waals surface area contributed by atoms with Gasteiger partial charge in [-0.3, -0.25) is 0 Å². The number of likely N-dealkylation sites (tertiary alicyclic amines) is 1. The summed E-state index contributed by atoms with van der Waals surface area (Å²) in [5.74, 6) is 0. The molecular formula is C12H21N3. The van der Waals surface area contributed by atoms with E-state index in [2.05, 4.69) is 35.0 Å². The zero-order valence-corrected chi connectivity index (χ0v) is 9.52. The molecule has 0 bridgehead atoms. The minimum absolute atomic E-state index is 0.443. The number of aromatic nitrogens is 1. The maximum Gasteiger partial charge on any atom is 0.0106 e. The van der Waals surface area contributed by atoms with Crippen LogP contribution in [-0.2, 0) is 13.5 Å². The second kappa shape index (κ2) is 4.81. The van der Waals surface area contributed by atoms with Gasteiger partial charge >= 0.3 is 0 Å². The van der Waals surface area contributed by atoms with E-state index >= 15 is 0 Å². The van der Waals surface area contributed by atoms with Crippen LogP contribution in [0.4, 0.5) is 0 Å². The van der Waals surface area contributed by atoms with E-state index in [4.69, 9.17) is 5.73 Å². The van der Waals surface area contributed by atoms with Gasteiger partial charge in [0.1, 0.15) is 0 Å². The molecule has 2 N–H and O–H groups in total. The maximum absolute atomic E-state index is 5.88. The van der Waals surface area contributed by atoms with E-state index in [1.165, 1.54) is 25.2 Å². The van der Waals surface area contributed by atoms with E-state index in [1.54, 1.807) is 0 Å². The Morgan fingerprint density at radius 2 is 2.13 bits per heavy atom. The highest BCUT2D eigenvalue weighted by Crippen LogP contribution is 2.09. The van der Waals surface area contributed by atoms with Gasteiger partial charge in [0, 0.05) is 32.0 Å². The fraction of sp³-hybridized carbons (Fsp3) is 0.667. The first-order valence-electron chi connectivity index (χ1n) is 5.83. The normalized spacial score (nSPS) is 19.6. The highest BCUT2D eigenvalue weighted by Gasteiger charge is 2.15. The standard InChI is InChI=1S/C12H21N3/c1-14-6-2-11(10-14)3-7-15-8-4-12(13)5-9-15/h2,6,10,12H,3-5,7-9,13H2,1H3. The predicted octanol–water partition coefficient (Wildman–Crippen LogP) is 0.991. The van der Waals surface area contributed by atoms with Crippen molar-refractivity contribution in [2.24, 2.45) is 12.8 Å². The Hall–Kier alpha value is -0.800. The predicted molar refractivity (Wildman–Crippen MR) is 62.8 cm³/mol. The number of aryl methyl sites for hydroxylation is 1. The van der Waals surface area contributed by atoms with E-state index in [-0.39, 0.29) is 0 Å². The third-order valence-electron chi connectivity index (χ3n) is 3.24. The highest BCUT2D eigenvalue weighted by molar-refractivity contribution is 5.10. The molecule has 3 nitrogen and oxygen atoms in total. The van der Waals surface area contributed by atoms with Crippen LogP contribution >= 0.6 is 0 Å². The summed E-state index contributed by atoms with van der Waals surface area (Å²) in [7, 11) is 2.07. The molecule has 2 rings (SSSR count). The number of nitrogens with two attached hydrogens (primary N) is 1. The van der Waals surface area contributed by atoms with Crippen LogP contribution in [0.1, 0.15) is 18.4 Å². The lowest BCUT2D eigenvalue weighted by molar-refractivity contribution is 0.215. The first kappa shape index (κ1) is 10.7. The minimum atomic E-state index is 0.443. The zero-order chi connectivity index (χ0) is 10.7. The average molecular weight is 207 g/mol. The molecule has 1 fully saturated rings. The molecule has 1 aromatic rings. The van der Waals surface area contributed by atoms with Gasteiger partial charge in [0.15, 0.2) is 0 Å². The first-order valence-corrected chi connectivity index (χ1v) is 5.83. The van der Waals surface area contributed by atoms with Crippen molar-refractivity contribution in [3.8, 4) is 0 Å². The SMILES string of the molecule is Cn1ccc(CCN2CCC(N)CC2)c1. The van der Waals surface area contributed by atoms with Crippen molar-refractivity contribution in [3.05, 3.63) is 24.0 Å². The Balaban J connectivity index is 1.74. The van der Waals surface area contributed by atoms with Crippen molar-refractivity contribution in [1.82, 2.24) is 9.47 Å². The Kier molecular flexibility index (Phi) is 3.44. The van der Waals surface area contributed by atoms with E-state index in [9.17, 15) is 0 Å². The topological polar surface area (TPSA) is 34.2 Å². The number of hydrogen-bond donors (Lipinski definition) is 1. The molecule has 1 aliphatic heterocycles. The lowest BCUT2D eigenvalue weighted by Crippen LogP contribution is -2.40. The molecule has 0 radical (unpaired) electrons. The van der Waals surface area contributed by atoms with E-state index in [0.29, 0.717) is 6.04 Å². The van der Waals surface area contributed by atoms with Gasteiger partial charge in [-0.25, -0.2) is 0 Å². The van der Waals surface area contributed by atoms with Gasteiger partial charge in [0.25, 0.3) is 0 Å². The van der Waals surface area contributed by atoms with Crippen molar-refractivity contribution in [1.29, 1.82) is 0 Å². The minimum Gasteiger partial charge on any atom is -0.357 e. The smallest absolute Gasteiger partial charge is 0.0106 e. The van der Waals surface area contributed by atoms with Crippen LogP contribution in [-0.4, -0.2) is 35.1 Å². The Bertz CT molecular complexity index is 298. The molecule has 84 valence electrons. The van der Waals surface area contributed by atoms with Crippen LogP contribution < -0.4 is 5.73 Å². The van der Waals surface area contributed by atoms with Gasteiger partial charge in [0.05, 0.1) is 0 Å². The summed E-state index contributed by atoms with van der Waals surface area (Å²) in [5.41, 5.74) is 7.31. The molecule has 0 saturated carbocycles. The van der Waals surface area contributed by atoms with Crippen molar-refractivity contribution >= 4 is 0 Å². The largest absolute Gasteiger partial charge is 0.357 e. The van der Waals surface area contributed by atoms with Gasteiger partial charge in [-0.05, 0) is 44.0 Å². The number of hydrogen-bond acceptors (Lipinski definition) is 2. The van der Waals surface area contributed by atoms with Crippen LogP contribution in [0, 0.1) is 0 Å². The van der Waals surface area contributed by atoms with Crippen LogP contribution in [0.3, 0.4) is 0 Å². The summed E-state index contributed by atoms with van der Waals surface area (Å²) in [5, 5.41) is 0. The second-order valence-electron chi connectivity index (χ2n) is 4.61. The lowest BCUT2D eigenvalue weighted by Gasteiger charge is -2.29. The molecule has 1 saturated heterocycles. The highest BCUT2D eigenvalue weighted by atomic mass is 15.1. The number of piperidine rings is 1. The fourth-order valence-electron chi connectivity index (χ4n) is 2.17. The summed E-state index contributed by atoms with van der Waals surface area (Å²) in [6.07, 6.45) is 7.80. The van der Waals surface area contributed by atoms with Crippen LogP contribution in [0.25, 0.3) is 0 Å². The van der Waals surface area contributed by atoms with Crippen LogP contribution in [0.5, 0.6) is 0 Å². The third kappa shape index (κ3) is 3.08. The second-order valence-corrected chi connectivity index (χ2v) is 4.61. The summed E-state index contributed by atoms with van der Waals surface area (Å²) >= 11 is 0. The molecule has 0 atom stereocenters. The molecule has 0 aliphatic carbocycles. The Labute approximate surface area is 91.9 Å². The lowest BCUT2D eigenvalue weighted by atomic mass is 10.1. The third-order valence-corrected chi connectivity index (χ3v) is 3.24. The van der Waals surface area contributed by atoms with E-state index in [1.807, 2.05) is 0 Å². The van der Waals surface area contributed by atoms with Crippen LogP contribution in [0.15, 0.2) is 18.5 Å². The van der Waals surface area contributed by atoms with Crippen LogP contribution in [0.2, 0.25) is 0 Å². The van der Waals surface area contributed by atoms with Crippen molar-refractivity contribution in [3.63, 3.8) is 0 Å². The average Bonchev–Trinajstić information content (AvgIpc) is 2.64. The number of rotatable bonds is 3. The molecule has 15 heavy (non-hydrogen) atoms. The first-order chi connectivity index (χ1) is 7.24. The molecule has 3 heteroatoms. The van der Waals surface area contributed by atoms with Gasteiger partial charge < -0.3 is 15.2 Å². The quantitative estimate of drug-likeness (QED) is 0.802. The molecule has 0 unspecified atom stereocenters. The zero-order valence-electron chi connectivity index (χ0n) is 9.52. The summed E-state index contributed by atoms with van der Waals surface area (Å²) < 4.78 is 2.11. The molecule has 0 amide bonds. The summed E-state index contributed by atoms with van der Waals surface area (Å²) in [6.45, 7) is 3.53. The molecule has 2 heterocycles. The number of nitrogens with zero attached hydrogens (tertiary/aromatic N) is 2. The van der Waals surface area contributed by atoms with Crippen molar-refractivity contribution in [2.75, 3.05) is 19.6 Å². The molecule has 1 aromatic heterocycles. The Morgan fingerprint density at radius 1 is 1.40 bits per heavy atom. The van der Waals surface area contributed by atoms with Gasteiger partial charge in [-0.1, -0.05) is 0 Å². The monoisotopic (exact) mass is 207 g/mol. The summed E-state index contributed by atoms with van der Waals surface area (Å²) in [6, 6.07) is 2.65. The van der Waals surface area contributed by atoms with Crippen molar-refractivity contribution < 1.29 is 0 Å². The summed E-state index contributed by atoms with van der Waals surface area (Å²) in [4.78, 5) is 2.52. The molecule has 0 aromatic carbocycles. The molecular weight excluding hydrogens is 186 g/mol. The molecule has 0 spiro atoms. The Morgan fingerprint density at radius 3 is 2.73 bits per heavy atom.